The lowest BCUT2D eigenvalue weighted by Crippen LogP contribution is -2.07. The summed E-state index contributed by atoms with van der Waals surface area (Å²) in [5, 5.41) is 3.16. The molecule has 3 nitrogen and oxygen atoms in total. The van der Waals surface area contributed by atoms with E-state index >= 15 is 0 Å². The lowest BCUT2D eigenvalue weighted by Gasteiger charge is -2.03. The van der Waals surface area contributed by atoms with E-state index in [4.69, 9.17) is 4.74 Å². The zero-order valence-corrected chi connectivity index (χ0v) is 6.58. The van der Waals surface area contributed by atoms with Crippen LogP contribution in [0.1, 0.15) is 0 Å². The fourth-order valence-corrected chi connectivity index (χ4v) is 0.765. The number of aromatic nitrogens is 1. The smallest absolute Gasteiger partial charge is 0.0635 e. The Kier molecular flexibility index (Phi) is 3.41. The van der Waals surface area contributed by atoms with E-state index in [1.807, 2.05) is 12.1 Å². The van der Waals surface area contributed by atoms with Gasteiger partial charge in [0.05, 0.1) is 12.3 Å². The van der Waals surface area contributed by atoms with Crippen molar-refractivity contribution >= 4 is 5.69 Å². The fraction of sp³-hybridized carbons (Fsp3) is 0.375. The number of hydrogen-bond donors (Lipinski definition) is 1. The Bertz CT molecular complexity index is 189. The van der Waals surface area contributed by atoms with Gasteiger partial charge in [-0.15, -0.1) is 0 Å². The monoisotopic (exact) mass is 152 g/mol. The number of pyridine rings is 1. The Morgan fingerprint density at radius 2 is 2.55 bits per heavy atom. The Labute approximate surface area is 66.4 Å². The van der Waals surface area contributed by atoms with E-state index < -0.39 is 0 Å². The standard InChI is InChI=1S/C8H12N2O/c1-11-6-5-10-8-3-2-4-9-7-8/h2-4,7,10H,5-6H2,1H3. The van der Waals surface area contributed by atoms with Crippen molar-refractivity contribution in [1.82, 2.24) is 4.98 Å². The highest BCUT2D eigenvalue weighted by atomic mass is 16.5. The molecule has 0 atom stereocenters. The molecule has 11 heavy (non-hydrogen) atoms. The first-order chi connectivity index (χ1) is 5.43. The highest BCUT2D eigenvalue weighted by Gasteiger charge is 1.87. The lowest BCUT2D eigenvalue weighted by molar-refractivity contribution is 0.211. The minimum absolute atomic E-state index is 0.717. The number of nitrogens with one attached hydrogen (secondary N) is 1. The number of ether oxygens (including phenoxy) is 1. The van der Waals surface area contributed by atoms with Crippen LogP contribution in [0.2, 0.25) is 0 Å². The minimum atomic E-state index is 0.717. The highest BCUT2D eigenvalue weighted by Crippen LogP contribution is 2.00. The van der Waals surface area contributed by atoms with Crippen molar-refractivity contribution in [3.8, 4) is 0 Å². The normalized spacial score (nSPS) is 9.55. The Balaban J connectivity index is 2.28. The van der Waals surface area contributed by atoms with Crippen LogP contribution in [0.25, 0.3) is 0 Å². The summed E-state index contributed by atoms with van der Waals surface area (Å²) in [4.78, 5) is 3.96. The Hall–Kier alpha value is -1.09. The molecule has 0 aliphatic heterocycles. The van der Waals surface area contributed by atoms with Gasteiger partial charge in [-0.25, -0.2) is 0 Å². The zero-order chi connectivity index (χ0) is 7.94. The first-order valence-corrected chi connectivity index (χ1v) is 3.56. The van der Waals surface area contributed by atoms with Crippen LogP contribution in [-0.4, -0.2) is 25.2 Å². The SMILES string of the molecule is COCCNc1cccnc1. The quantitative estimate of drug-likeness (QED) is 0.657. The third-order valence-corrected chi connectivity index (χ3v) is 1.30. The van der Waals surface area contributed by atoms with Crippen molar-refractivity contribution in [3.63, 3.8) is 0 Å². The molecule has 0 fully saturated rings. The van der Waals surface area contributed by atoms with Crippen LogP contribution >= 0.6 is 0 Å². The van der Waals surface area contributed by atoms with Crippen molar-refractivity contribution < 1.29 is 4.74 Å². The van der Waals surface area contributed by atoms with Gasteiger partial charge in [0, 0.05) is 26.0 Å². The van der Waals surface area contributed by atoms with E-state index in [1.165, 1.54) is 0 Å². The van der Waals surface area contributed by atoms with Gasteiger partial charge in [-0.3, -0.25) is 4.98 Å². The van der Waals surface area contributed by atoms with Crippen LogP contribution in [0.5, 0.6) is 0 Å². The van der Waals surface area contributed by atoms with Crippen LogP contribution in [-0.2, 0) is 4.74 Å². The van der Waals surface area contributed by atoms with Crippen LogP contribution in [0.3, 0.4) is 0 Å². The largest absolute Gasteiger partial charge is 0.383 e. The molecule has 60 valence electrons. The second-order valence-corrected chi connectivity index (χ2v) is 2.16. The average molecular weight is 152 g/mol. The van der Waals surface area contributed by atoms with Gasteiger partial charge in [-0.1, -0.05) is 0 Å². The molecule has 0 spiro atoms. The number of anilines is 1. The molecule has 0 saturated carbocycles. The minimum Gasteiger partial charge on any atom is -0.383 e. The molecule has 3 heteroatoms. The number of rotatable bonds is 4. The molecule has 0 unspecified atom stereocenters. The molecule has 0 radical (unpaired) electrons. The van der Waals surface area contributed by atoms with Crippen LogP contribution in [0.4, 0.5) is 5.69 Å². The van der Waals surface area contributed by atoms with Crippen molar-refractivity contribution in [1.29, 1.82) is 0 Å². The second kappa shape index (κ2) is 4.68. The van der Waals surface area contributed by atoms with E-state index in [-0.39, 0.29) is 0 Å². The summed E-state index contributed by atoms with van der Waals surface area (Å²) in [6.07, 6.45) is 3.54. The molecule has 1 heterocycles. The summed E-state index contributed by atoms with van der Waals surface area (Å²) < 4.78 is 4.88. The molecule has 0 aliphatic rings. The van der Waals surface area contributed by atoms with Crippen LogP contribution in [0.15, 0.2) is 24.5 Å². The second-order valence-electron chi connectivity index (χ2n) is 2.16. The van der Waals surface area contributed by atoms with E-state index in [0.717, 1.165) is 18.8 Å². The molecule has 0 saturated heterocycles. The average Bonchev–Trinajstić information content (AvgIpc) is 2.07. The van der Waals surface area contributed by atoms with Gasteiger partial charge in [0.1, 0.15) is 0 Å². The maximum Gasteiger partial charge on any atom is 0.0635 e. The lowest BCUT2D eigenvalue weighted by atomic mass is 10.4. The van der Waals surface area contributed by atoms with Crippen LogP contribution in [0, 0.1) is 0 Å². The van der Waals surface area contributed by atoms with Gasteiger partial charge in [0.25, 0.3) is 0 Å². The van der Waals surface area contributed by atoms with E-state index in [9.17, 15) is 0 Å². The molecule has 0 aromatic carbocycles. The van der Waals surface area contributed by atoms with E-state index in [1.54, 1.807) is 19.5 Å². The predicted molar refractivity (Wildman–Crippen MR) is 44.6 cm³/mol. The number of hydrogen-bond acceptors (Lipinski definition) is 3. The summed E-state index contributed by atoms with van der Waals surface area (Å²) in [6.45, 7) is 1.54. The van der Waals surface area contributed by atoms with Crippen molar-refractivity contribution in [2.24, 2.45) is 0 Å². The number of methoxy groups -OCH3 is 1. The summed E-state index contributed by atoms with van der Waals surface area (Å²) in [7, 11) is 1.69. The van der Waals surface area contributed by atoms with Crippen molar-refractivity contribution in [2.75, 3.05) is 25.6 Å². The summed E-state index contributed by atoms with van der Waals surface area (Å²) in [5.74, 6) is 0. The molecular weight excluding hydrogens is 140 g/mol. The van der Waals surface area contributed by atoms with Crippen molar-refractivity contribution in [2.45, 2.75) is 0 Å². The Morgan fingerprint density at radius 1 is 1.64 bits per heavy atom. The summed E-state index contributed by atoms with van der Waals surface area (Å²) in [5.41, 5.74) is 1.03. The van der Waals surface area contributed by atoms with Gasteiger partial charge >= 0.3 is 0 Å². The number of nitrogens with zero attached hydrogens (tertiary/aromatic N) is 1. The molecule has 0 amide bonds. The molecule has 1 aromatic rings. The molecular formula is C8H12N2O. The van der Waals surface area contributed by atoms with Gasteiger partial charge in [-0.2, -0.15) is 0 Å². The summed E-state index contributed by atoms with van der Waals surface area (Å²) >= 11 is 0. The topological polar surface area (TPSA) is 34.1 Å². The van der Waals surface area contributed by atoms with E-state index in [2.05, 4.69) is 10.3 Å². The maximum absolute atomic E-state index is 4.88. The van der Waals surface area contributed by atoms with Gasteiger partial charge in [0.2, 0.25) is 0 Å². The first kappa shape index (κ1) is 8.01. The molecule has 1 rings (SSSR count). The molecule has 1 N–H and O–H groups in total. The highest BCUT2D eigenvalue weighted by molar-refractivity contribution is 5.39. The first-order valence-electron chi connectivity index (χ1n) is 3.56. The zero-order valence-electron chi connectivity index (χ0n) is 6.58. The van der Waals surface area contributed by atoms with Crippen LogP contribution < -0.4 is 5.32 Å². The van der Waals surface area contributed by atoms with Gasteiger partial charge in [-0.05, 0) is 12.1 Å². The predicted octanol–water partition coefficient (Wildman–Crippen LogP) is 1.14. The van der Waals surface area contributed by atoms with Crippen molar-refractivity contribution in [3.05, 3.63) is 24.5 Å². The van der Waals surface area contributed by atoms with Gasteiger partial charge < -0.3 is 10.1 Å². The third kappa shape index (κ3) is 3.00. The van der Waals surface area contributed by atoms with Gasteiger partial charge in [0.15, 0.2) is 0 Å². The third-order valence-electron chi connectivity index (χ3n) is 1.30. The Morgan fingerprint density at radius 3 is 3.18 bits per heavy atom. The fourth-order valence-electron chi connectivity index (χ4n) is 0.765. The molecule has 0 aliphatic carbocycles. The maximum atomic E-state index is 4.88. The molecule has 1 aromatic heterocycles. The summed E-state index contributed by atoms with van der Waals surface area (Å²) in [6, 6.07) is 3.87. The molecule has 0 bridgehead atoms. The van der Waals surface area contributed by atoms with E-state index in [0.29, 0.717) is 0 Å².